The van der Waals surface area contributed by atoms with Crippen molar-refractivity contribution >= 4 is 28.8 Å². The summed E-state index contributed by atoms with van der Waals surface area (Å²) in [5.41, 5.74) is 1.33. The number of carbonyl (C=O) groups excluding carboxylic acids is 1. The largest absolute Gasteiger partial charge is 0.496 e. The van der Waals surface area contributed by atoms with Crippen molar-refractivity contribution in [1.82, 2.24) is 9.55 Å². The fraction of sp³-hybridized carbons (Fsp3) is 0.483. The topological polar surface area (TPSA) is 114 Å². The van der Waals surface area contributed by atoms with Gasteiger partial charge in [0.05, 0.1) is 36.9 Å². The number of imidazole rings is 1. The molecule has 10 heteroatoms. The molecule has 2 aromatic carbocycles. The van der Waals surface area contributed by atoms with Crippen LogP contribution < -0.4 is 9.64 Å². The fourth-order valence-corrected chi connectivity index (χ4v) is 6.29. The number of hydrogen-bond donors (Lipinski definition) is 2. The summed E-state index contributed by atoms with van der Waals surface area (Å²) in [6.45, 7) is 3.51. The van der Waals surface area contributed by atoms with E-state index in [4.69, 9.17) is 14.5 Å². The normalized spacial score (nSPS) is 22.7. The average Bonchev–Trinajstić information content (AvgIpc) is 3.33. The van der Waals surface area contributed by atoms with Crippen molar-refractivity contribution in [1.29, 1.82) is 0 Å². The molecule has 5 rings (SSSR count). The molecule has 2 N–H and O–H groups in total. The summed E-state index contributed by atoms with van der Waals surface area (Å²) >= 11 is 0. The number of carboxylic acid groups (broad SMARTS) is 1. The van der Waals surface area contributed by atoms with Gasteiger partial charge in [-0.2, -0.15) is 0 Å². The lowest BCUT2D eigenvalue weighted by Gasteiger charge is -2.34. The quantitative estimate of drug-likeness (QED) is 0.460. The minimum atomic E-state index is -1.78. The van der Waals surface area contributed by atoms with Crippen molar-refractivity contribution in [2.45, 2.75) is 70.1 Å². The van der Waals surface area contributed by atoms with E-state index >= 15 is 0 Å². The number of aryl methyl sites for hydroxylation is 1. The summed E-state index contributed by atoms with van der Waals surface area (Å²) in [5, 5.41) is 21.9. The monoisotopic (exact) mass is 539 g/mol. The van der Waals surface area contributed by atoms with E-state index in [0.717, 1.165) is 11.1 Å². The van der Waals surface area contributed by atoms with Crippen molar-refractivity contribution in [3.8, 4) is 5.75 Å². The SMILES string of the molecule is COC(=O)N1c2ccc3c(nc([C@](C)(O)c4cc(F)ccc4OC)n3[C@@H]3CCC[C@@H](C(=O)O)C3)c2CC[C@@H]1C. The van der Waals surface area contributed by atoms with Crippen LogP contribution in [0.3, 0.4) is 0 Å². The summed E-state index contributed by atoms with van der Waals surface area (Å²) < 4.78 is 26.9. The van der Waals surface area contributed by atoms with E-state index < -0.39 is 29.4 Å². The van der Waals surface area contributed by atoms with Gasteiger partial charge >= 0.3 is 12.1 Å². The molecule has 1 aromatic heterocycles. The van der Waals surface area contributed by atoms with Gasteiger partial charge in [-0.05, 0) is 76.3 Å². The Balaban J connectivity index is 1.76. The molecule has 0 radical (unpaired) electrons. The number of amides is 1. The Labute approximate surface area is 226 Å². The van der Waals surface area contributed by atoms with Gasteiger partial charge in [0.25, 0.3) is 0 Å². The molecule has 1 aliphatic carbocycles. The third-order valence-electron chi connectivity index (χ3n) is 8.31. The number of aromatic nitrogens is 2. The zero-order valence-electron chi connectivity index (χ0n) is 22.6. The van der Waals surface area contributed by atoms with Crippen LogP contribution in [0.1, 0.15) is 68.9 Å². The maximum absolute atomic E-state index is 14.4. The van der Waals surface area contributed by atoms with Crippen molar-refractivity contribution < 1.29 is 33.7 Å². The van der Waals surface area contributed by atoms with Crippen LogP contribution >= 0.6 is 0 Å². The molecule has 1 fully saturated rings. The van der Waals surface area contributed by atoms with E-state index in [0.29, 0.717) is 55.5 Å². The first kappa shape index (κ1) is 26.9. The van der Waals surface area contributed by atoms with Crippen LogP contribution in [0.5, 0.6) is 5.75 Å². The van der Waals surface area contributed by atoms with Gasteiger partial charge in [0.2, 0.25) is 0 Å². The molecule has 0 unspecified atom stereocenters. The fourth-order valence-electron chi connectivity index (χ4n) is 6.29. The highest BCUT2D eigenvalue weighted by Gasteiger charge is 2.40. The van der Waals surface area contributed by atoms with Gasteiger partial charge in [0.1, 0.15) is 23.0 Å². The number of carbonyl (C=O) groups is 2. The predicted octanol–water partition coefficient (Wildman–Crippen LogP) is 5.16. The minimum absolute atomic E-state index is 0.0710. The van der Waals surface area contributed by atoms with E-state index in [1.807, 2.05) is 23.6 Å². The molecule has 1 amide bonds. The van der Waals surface area contributed by atoms with Crippen LogP contribution in [0.25, 0.3) is 11.0 Å². The van der Waals surface area contributed by atoms with Crippen molar-refractivity contribution in [2.24, 2.45) is 5.92 Å². The number of carboxylic acids is 1. The number of rotatable bonds is 5. The second-order valence-electron chi connectivity index (χ2n) is 10.7. The highest BCUT2D eigenvalue weighted by molar-refractivity contribution is 5.95. The standard InChI is InChI=1S/C29H34FN3O6/c1-16-8-10-20-22(32(16)28(36)39-4)11-12-23-25(20)31-27(33(23)19-7-5-6-17(14-19)26(34)35)29(2,37)21-15-18(30)9-13-24(21)38-3/h9,11-13,15-17,19,37H,5-8,10,14H2,1-4H3,(H,34,35)/t16-,17+,19+,29+/m0/s1. The first-order chi connectivity index (χ1) is 18.6. The first-order valence-corrected chi connectivity index (χ1v) is 13.3. The molecular formula is C29H34FN3O6. The lowest BCUT2D eigenvalue weighted by Crippen LogP contribution is -2.42. The molecule has 9 nitrogen and oxygen atoms in total. The highest BCUT2D eigenvalue weighted by Crippen LogP contribution is 2.44. The third-order valence-corrected chi connectivity index (χ3v) is 8.31. The molecule has 2 heterocycles. The van der Waals surface area contributed by atoms with Gasteiger partial charge in [0.15, 0.2) is 0 Å². The maximum atomic E-state index is 14.4. The molecule has 3 aromatic rings. The minimum Gasteiger partial charge on any atom is -0.496 e. The van der Waals surface area contributed by atoms with E-state index in [9.17, 15) is 24.2 Å². The second-order valence-corrected chi connectivity index (χ2v) is 10.7. The number of nitrogens with zero attached hydrogens (tertiary/aromatic N) is 3. The van der Waals surface area contributed by atoms with E-state index in [1.54, 1.807) is 11.8 Å². The predicted molar refractivity (Wildman–Crippen MR) is 143 cm³/mol. The van der Waals surface area contributed by atoms with Gasteiger partial charge in [-0.25, -0.2) is 14.2 Å². The van der Waals surface area contributed by atoms with E-state index in [1.165, 1.54) is 32.4 Å². The number of anilines is 1. The maximum Gasteiger partial charge on any atom is 0.414 e. The first-order valence-electron chi connectivity index (χ1n) is 13.3. The van der Waals surface area contributed by atoms with Gasteiger partial charge in [-0.1, -0.05) is 6.42 Å². The van der Waals surface area contributed by atoms with Crippen LogP contribution in [0.2, 0.25) is 0 Å². The summed E-state index contributed by atoms with van der Waals surface area (Å²) in [6, 6.07) is 7.37. The van der Waals surface area contributed by atoms with Gasteiger partial charge in [-0.3, -0.25) is 9.69 Å². The summed E-state index contributed by atoms with van der Waals surface area (Å²) in [4.78, 5) is 31.2. The molecule has 0 spiro atoms. The van der Waals surface area contributed by atoms with E-state index in [2.05, 4.69) is 0 Å². The number of ether oxygens (including phenoxy) is 2. The van der Waals surface area contributed by atoms with Crippen LogP contribution in [-0.2, 0) is 21.6 Å². The van der Waals surface area contributed by atoms with Gasteiger partial charge < -0.3 is 24.3 Å². The number of fused-ring (bicyclic) bond motifs is 3. The zero-order valence-corrected chi connectivity index (χ0v) is 22.6. The highest BCUT2D eigenvalue weighted by atomic mass is 19.1. The molecule has 1 saturated carbocycles. The molecule has 1 aliphatic heterocycles. The Kier molecular flexibility index (Phi) is 7.00. The number of halogens is 1. The van der Waals surface area contributed by atoms with Gasteiger partial charge in [0, 0.05) is 23.2 Å². The molecule has 4 atom stereocenters. The third kappa shape index (κ3) is 4.50. The summed E-state index contributed by atoms with van der Waals surface area (Å²) in [5.74, 6) is -1.31. The van der Waals surface area contributed by atoms with Crippen LogP contribution in [0.15, 0.2) is 30.3 Å². The molecule has 0 bridgehead atoms. The lowest BCUT2D eigenvalue weighted by atomic mass is 9.84. The molecule has 39 heavy (non-hydrogen) atoms. The van der Waals surface area contributed by atoms with Crippen molar-refractivity contribution in [2.75, 3.05) is 19.1 Å². The summed E-state index contributed by atoms with van der Waals surface area (Å²) in [6.07, 6.45) is 3.28. The number of benzene rings is 2. The molecule has 208 valence electrons. The van der Waals surface area contributed by atoms with Crippen molar-refractivity contribution in [3.63, 3.8) is 0 Å². The number of methoxy groups -OCH3 is 2. The Morgan fingerprint density at radius 3 is 2.62 bits per heavy atom. The number of hydrogen-bond acceptors (Lipinski definition) is 6. The zero-order chi connectivity index (χ0) is 28.1. The smallest absolute Gasteiger partial charge is 0.414 e. The summed E-state index contributed by atoms with van der Waals surface area (Å²) in [7, 11) is 2.80. The van der Waals surface area contributed by atoms with Crippen LogP contribution in [0.4, 0.5) is 14.9 Å². The molecular weight excluding hydrogens is 505 g/mol. The number of aliphatic hydroxyl groups is 1. The lowest BCUT2D eigenvalue weighted by molar-refractivity contribution is -0.143. The van der Waals surface area contributed by atoms with Crippen LogP contribution in [-0.4, -0.2) is 52.1 Å². The van der Waals surface area contributed by atoms with E-state index in [-0.39, 0.29) is 23.5 Å². The Hall–Kier alpha value is -3.66. The van der Waals surface area contributed by atoms with Gasteiger partial charge in [-0.15, -0.1) is 0 Å². The molecule has 2 aliphatic rings. The van der Waals surface area contributed by atoms with Crippen molar-refractivity contribution in [3.05, 3.63) is 53.1 Å². The second kappa shape index (κ2) is 10.1. The molecule has 0 saturated heterocycles. The average molecular weight is 540 g/mol. The number of aliphatic carboxylic acids is 1. The Morgan fingerprint density at radius 1 is 1.15 bits per heavy atom. The Bertz CT molecular complexity index is 1430. The Morgan fingerprint density at radius 2 is 1.92 bits per heavy atom. The van der Waals surface area contributed by atoms with Crippen LogP contribution in [0, 0.1) is 11.7 Å².